The summed E-state index contributed by atoms with van der Waals surface area (Å²) in [7, 11) is 2.16. The van der Waals surface area contributed by atoms with E-state index in [1.165, 1.54) is 6.92 Å². The van der Waals surface area contributed by atoms with Crippen LogP contribution in [0.15, 0.2) is 24.3 Å². The zero-order valence-corrected chi connectivity index (χ0v) is 16.1. The zero-order valence-electron chi connectivity index (χ0n) is 15.4. The fraction of sp³-hybridized carbons (Fsp3) is 0.632. The minimum absolute atomic E-state index is 0. The molecule has 2 saturated heterocycles. The second-order valence-corrected chi connectivity index (χ2v) is 7.76. The molecule has 5 nitrogen and oxygen atoms in total. The lowest BCUT2D eigenvalue weighted by Gasteiger charge is -2.41. The number of benzene rings is 1. The molecule has 0 amide bonds. The zero-order chi connectivity index (χ0) is 17.4. The Labute approximate surface area is 156 Å². The van der Waals surface area contributed by atoms with E-state index in [0.29, 0.717) is 5.56 Å². The first kappa shape index (κ1) is 20.2. The number of esters is 1. The van der Waals surface area contributed by atoms with Crippen LogP contribution in [0.4, 0.5) is 0 Å². The SMILES string of the molecule is Cc1cccc(C(C)(O)C(=O)OC2CC[N+]3(CCN(C)CC3)C2)c1.[Cl-]. The van der Waals surface area contributed by atoms with E-state index in [4.69, 9.17) is 4.74 Å². The number of halogens is 1. The normalized spacial score (nSPS) is 25.2. The van der Waals surface area contributed by atoms with E-state index in [9.17, 15) is 9.90 Å². The van der Waals surface area contributed by atoms with Gasteiger partial charge in [-0.1, -0.05) is 29.8 Å². The van der Waals surface area contributed by atoms with Gasteiger partial charge < -0.3 is 26.7 Å². The molecule has 1 aromatic carbocycles. The summed E-state index contributed by atoms with van der Waals surface area (Å²) in [5.74, 6) is -0.535. The summed E-state index contributed by atoms with van der Waals surface area (Å²) in [6.45, 7) is 9.87. The second-order valence-electron chi connectivity index (χ2n) is 7.76. The van der Waals surface area contributed by atoms with Gasteiger partial charge in [-0.05, 0) is 26.5 Å². The van der Waals surface area contributed by atoms with Crippen molar-refractivity contribution in [1.82, 2.24) is 4.90 Å². The van der Waals surface area contributed by atoms with Gasteiger partial charge in [-0.15, -0.1) is 0 Å². The quantitative estimate of drug-likeness (QED) is 0.509. The molecule has 0 aromatic heterocycles. The maximum atomic E-state index is 12.6. The van der Waals surface area contributed by atoms with Crippen LogP contribution in [0.2, 0.25) is 0 Å². The van der Waals surface area contributed by atoms with Gasteiger partial charge in [0.05, 0.1) is 19.6 Å². The van der Waals surface area contributed by atoms with Gasteiger partial charge in [-0.25, -0.2) is 4.79 Å². The van der Waals surface area contributed by atoms with Gasteiger partial charge in [0.15, 0.2) is 11.7 Å². The van der Waals surface area contributed by atoms with E-state index < -0.39 is 11.6 Å². The predicted molar refractivity (Wildman–Crippen MR) is 92.5 cm³/mol. The number of aryl methyl sites for hydroxylation is 1. The number of ether oxygens (including phenoxy) is 1. The molecule has 0 bridgehead atoms. The molecule has 2 fully saturated rings. The minimum atomic E-state index is -1.60. The summed E-state index contributed by atoms with van der Waals surface area (Å²) >= 11 is 0. The highest BCUT2D eigenvalue weighted by atomic mass is 35.5. The Balaban J connectivity index is 0.00000225. The number of likely N-dealkylation sites (N-methyl/N-ethyl adjacent to an activating group) is 1. The Kier molecular flexibility index (Phi) is 6.15. The number of quaternary nitrogens is 1. The fourth-order valence-electron chi connectivity index (χ4n) is 3.86. The average molecular weight is 369 g/mol. The first-order valence-electron chi connectivity index (χ1n) is 8.85. The van der Waals surface area contributed by atoms with Gasteiger partial charge in [0.2, 0.25) is 0 Å². The molecular formula is C19H29ClN2O3. The third kappa shape index (κ3) is 4.34. The van der Waals surface area contributed by atoms with E-state index >= 15 is 0 Å². The molecule has 2 aliphatic rings. The molecule has 2 aliphatic heterocycles. The van der Waals surface area contributed by atoms with Crippen molar-refractivity contribution in [3.05, 3.63) is 35.4 Å². The van der Waals surface area contributed by atoms with E-state index in [0.717, 1.165) is 55.7 Å². The highest BCUT2D eigenvalue weighted by Gasteiger charge is 2.44. The van der Waals surface area contributed by atoms with Gasteiger partial charge in [-0.2, -0.15) is 0 Å². The van der Waals surface area contributed by atoms with Crippen molar-refractivity contribution >= 4 is 5.97 Å². The summed E-state index contributed by atoms with van der Waals surface area (Å²) in [5.41, 5.74) is 0.0130. The molecule has 6 heteroatoms. The first-order valence-corrected chi connectivity index (χ1v) is 8.85. The Bertz CT molecular complexity index is 612. The van der Waals surface area contributed by atoms with E-state index in [1.807, 2.05) is 25.1 Å². The van der Waals surface area contributed by atoms with Gasteiger partial charge in [0.1, 0.15) is 6.54 Å². The largest absolute Gasteiger partial charge is 1.00 e. The van der Waals surface area contributed by atoms with E-state index in [1.54, 1.807) is 6.07 Å². The van der Waals surface area contributed by atoms with Crippen molar-refractivity contribution < 1.29 is 31.5 Å². The number of piperazine rings is 1. The molecule has 2 unspecified atom stereocenters. The van der Waals surface area contributed by atoms with Crippen molar-refractivity contribution in [3.63, 3.8) is 0 Å². The molecule has 2 heterocycles. The summed E-state index contributed by atoms with van der Waals surface area (Å²) in [4.78, 5) is 14.9. The molecular weight excluding hydrogens is 340 g/mol. The lowest BCUT2D eigenvalue weighted by Crippen LogP contribution is -3.00. The van der Waals surface area contributed by atoms with Crippen LogP contribution in [-0.4, -0.2) is 72.9 Å². The number of hydrogen-bond acceptors (Lipinski definition) is 4. The maximum Gasteiger partial charge on any atom is 0.343 e. The number of aliphatic hydroxyl groups is 1. The molecule has 0 radical (unpaired) electrons. The standard InChI is InChI=1S/C19H29N2O3.ClH/c1-15-5-4-6-16(13-15)19(2,23)18(22)24-17-7-10-21(14-17)11-8-20(3)9-12-21;/h4-6,13,17,23H,7-12,14H2,1-3H3;1H/q+1;/p-1. The van der Waals surface area contributed by atoms with Crippen LogP contribution in [0.25, 0.3) is 0 Å². The number of nitrogens with zero attached hydrogens (tertiary/aromatic N) is 2. The molecule has 25 heavy (non-hydrogen) atoms. The highest BCUT2D eigenvalue weighted by molar-refractivity contribution is 5.80. The number of carbonyl (C=O) groups is 1. The minimum Gasteiger partial charge on any atom is -1.00 e. The van der Waals surface area contributed by atoms with Crippen LogP contribution in [0, 0.1) is 6.92 Å². The monoisotopic (exact) mass is 368 g/mol. The van der Waals surface area contributed by atoms with Gasteiger partial charge in [0.25, 0.3) is 0 Å². The van der Waals surface area contributed by atoms with Gasteiger partial charge in [-0.3, -0.25) is 4.90 Å². The lowest BCUT2D eigenvalue weighted by atomic mass is 9.95. The molecule has 3 rings (SSSR count). The van der Waals surface area contributed by atoms with Crippen LogP contribution in [-0.2, 0) is 15.1 Å². The maximum absolute atomic E-state index is 12.6. The van der Waals surface area contributed by atoms with Crippen molar-refractivity contribution in [1.29, 1.82) is 0 Å². The summed E-state index contributed by atoms with van der Waals surface area (Å²) in [5, 5.41) is 10.7. The molecule has 2 atom stereocenters. The topological polar surface area (TPSA) is 49.8 Å². The molecule has 140 valence electrons. The molecule has 1 aromatic rings. The molecule has 0 aliphatic carbocycles. The van der Waals surface area contributed by atoms with Crippen LogP contribution in [0.3, 0.4) is 0 Å². The van der Waals surface area contributed by atoms with E-state index in [2.05, 4.69) is 11.9 Å². The first-order chi connectivity index (χ1) is 11.3. The van der Waals surface area contributed by atoms with Crippen LogP contribution >= 0.6 is 0 Å². The summed E-state index contributed by atoms with van der Waals surface area (Å²) in [6, 6.07) is 7.41. The fourth-order valence-corrected chi connectivity index (χ4v) is 3.86. The number of hydrogen-bond donors (Lipinski definition) is 1. The van der Waals surface area contributed by atoms with Crippen LogP contribution in [0.1, 0.15) is 24.5 Å². The predicted octanol–water partition coefficient (Wildman–Crippen LogP) is -1.72. The van der Waals surface area contributed by atoms with Crippen molar-refractivity contribution in [2.75, 3.05) is 46.3 Å². The lowest BCUT2D eigenvalue weighted by molar-refractivity contribution is -0.921. The molecule has 1 spiro atoms. The smallest absolute Gasteiger partial charge is 0.343 e. The van der Waals surface area contributed by atoms with Crippen molar-refractivity contribution in [3.8, 4) is 0 Å². The van der Waals surface area contributed by atoms with Gasteiger partial charge >= 0.3 is 5.97 Å². The van der Waals surface area contributed by atoms with Crippen molar-refractivity contribution in [2.24, 2.45) is 0 Å². The summed E-state index contributed by atoms with van der Waals surface area (Å²) in [6.07, 6.45) is 0.802. The molecule has 0 saturated carbocycles. The Morgan fingerprint density at radius 1 is 1.32 bits per heavy atom. The Morgan fingerprint density at radius 3 is 2.64 bits per heavy atom. The number of carbonyl (C=O) groups excluding carboxylic acids is 1. The van der Waals surface area contributed by atoms with Gasteiger partial charge in [0, 0.05) is 19.5 Å². The van der Waals surface area contributed by atoms with E-state index in [-0.39, 0.29) is 18.5 Å². The third-order valence-corrected chi connectivity index (χ3v) is 5.68. The van der Waals surface area contributed by atoms with Crippen LogP contribution < -0.4 is 12.4 Å². The highest BCUT2D eigenvalue weighted by Crippen LogP contribution is 2.28. The number of rotatable bonds is 3. The average Bonchev–Trinajstić information content (AvgIpc) is 2.93. The molecule has 1 N–H and O–H groups in total. The Morgan fingerprint density at radius 2 is 2.00 bits per heavy atom. The second kappa shape index (κ2) is 7.62. The van der Waals surface area contributed by atoms with Crippen LogP contribution in [0.5, 0.6) is 0 Å². The van der Waals surface area contributed by atoms with Crippen molar-refractivity contribution in [2.45, 2.75) is 32.0 Å². The Hall–Kier alpha value is -1.14. The third-order valence-electron chi connectivity index (χ3n) is 5.68. The summed E-state index contributed by atoms with van der Waals surface area (Å²) < 4.78 is 6.76.